The average Bonchev–Trinajstić information content (AvgIpc) is 3.32. The molecule has 0 spiro atoms. The van der Waals surface area contributed by atoms with Gasteiger partial charge in [-0.05, 0) is 37.1 Å². The van der Waals surface area contributed by atoms with Gasteiger partial charge in [0.2, 0.25) is 5.91 Å². The lowest BCUT2D eigenvalue weighted by Gasteiger charge is -2.43. The lowest BCUT2D eigenvalue weighted by Crippen LogP contribution is -2.51. The van der Waals surface area contributed by atoms with Crippen molar-refractivity contribution >= 4 is 33.1 Å². The van der Waals surface area contributed by atoms with Gasteiger partial charge in [0, 0.05) is 51.2 Å². The summed E-state index contributed by atoms with van der Waals surface area (Å²) in [5.41, 5.74) is 3.36. The molecular weight excluding hydrogens is 516 g/mol. The minimum absolute atomic E-state index is 0.00291. The van der Waals surface area contributed by atoms with Crippen molar-refractivity contribution in [2.24, 2.45) is 0 Å². The van der Waals surface area contributed by atoms with Crippen molar-refractivity contribution in [1.82, 2.24) is 19.8 Å². The van der Waals surface area contributed by atoms with Crippen LogP contribution in [0.1, 0.15) is 42.1 Å². The van der Waals surface area contributed by atoms with Crippen LogP contribution < -0.4 is 15.0 Å². The van der Waals surface area contributed by atoms with Gasteiger partial charge in [0.25, 0.3) is 0 Å². The van der Waals surface area contributed by atoms with Crippen molar-refractivity contribution in [3.8, 4) is 18.1 Å². The molecule has 2 atom stereocenters. The first-order valence-corrected chi connectivity index (χ1v) is 15.1. The van der Waals surface area contributed by atoms with Crippen LogP contribution in [0.5, 0.6) is 5.75 Å². The molecule has 0 aliphatic carbocycles. The van der Waals surface area contributed by atoms with Gasteiger partial charge in [-0.2, -0.15) is 0 Å². The Morgan fingerprint density at radius 3 is 2.69 bits per heavy atom. The molecule has 2 aromatic rings. The van der Waals surface area contributed by atoms with E-state index in [0.29, 0.717) is 48.0 Å². The van der Waals surface area contributed by atoms with Gasteiger partial charge in [-0.1, -0.05) is 12.5 Å². The highest BCUT2D eigenvalue weighted by atomic mass is 32.2. The number of carbonyl (C=O) groups is 1. The minimum atomic E-state index is -3.02. The topological polar surface area (TPSA) is 108 Å². The Morgan fingerprint density at radius 1 is 1.21 bits per heavy atom. The van der Waals surface area contributed by atoms with Crippen LogP contribution in [0.15, 0.2) is 31.1 Å². The number of anilines is 3. The summed E-state index contributed by atoms with van der Waals surface area (Å²) < 4.78 is 30.4. The third kappa shape index (κ3) is 4.72. The van der Waals surface area contributed by atoms with E-state index < -0.39 is 15.9 Å². The fourth-order valence-electron chi connectivity index (χ4n) is 6.00. The van der Waals surface area contributed by atoms with Crippen molar-refractivity contribution in [3.05, 3.63) is 47.8 Å². The average molecular weight is 549 g/mol. The van der Waals surface area contributed by atoms with Gasteiger partial charge in [0.1, 0.15) is 24.1 Å². The molecule has 0 saturated carbocycles. The number of benzene rings is 1. The molecule has 1 N–H and O–H groups in total. The molecular formula is C28H32N6O4S. The van der Waals surface area contributed by atoms with Crippen LogP contribution >= 0.6 is 0 Å². The van der Waals surface area contributed by atoms with E-state index in [1.165, 1.54) is 12.4 Å². The Bertz CT molecular complexity index is 1470. The number of hydrogen-bond donors (Lipinski definition) is 1. The highest BCUT2D eigenvalue weighted by Crippen LogP contribution is 2.45. The van der Waals surface area contributed by atoms with Crippen LogP contribution in [-0.4, -0.2) is 90.9 Å². The van der Waals surface area contributed by atoms with Gasteiger partial charge in [-0.25, -0.2) is 18.4 Å². The van der Waals surface area contributed by atoms with Crippen LogP contribution in [0.2, 0.25) is 0 Å². The molecule has 4 aliphatic rings. The number of amides is 1. The third-order valence-electron chi connectivity index (χ3n) is 8.28. The molecule has 1 amide bonds. The van der Waals surface area contributed by atoms with Crippen LogP contribution in [0, 0.1) is 12.3 Å². The van der Waals surface area contributed by atoms with Crippen molar-refractivity contribution in [1.29, 1.82) is 0 Å². The van der Waals surface area contributed by atoms with Crippen LogP contribution in [0.3, 0.4) is 0 Å². The predicted molar refractivity (Wildman–Crippen MR) is 149 cm³/mol. The summed E-state index contributed by atoms with van der Waals surface area (Å²) in [6.07, 6.45) is 9.41. The molecule has 3 saturated heterocycles. The lowest BCUT2D eigenvalue weighted by molar-refractivity contribution is -0.125. The number of nitrogens with zero attached hydrogens (tertiary/aromatic N) is 5. The Labute approximate surface area is 229 Å². The first-order chi connectivity index (χ1) is 18.8. The number of hydrogen-bond acceptors (Lipinski definition) is 9. The minimum Gasteiger partial charge on any atom is -0.482 e. The van der Waals surface area contributed by atoms with Gasteiger partial charge in [0.15, 0.2) is 15.6 Å². The SMILES string of the molecule is C#Cc1cc(C2CN([C@H]3CCN(C(=O)C=C)C3)C2)cc2c1O[C@H](C)c1c(ncnc1N1CCS(=O)(=O)CC1)N2. The van der Waals surface area contributed by atoms with Gasteiger partial charge in [0.05, 0.1) is 28.3 Å². The molecule has 6 rings (SSSR count). The zero-order valence-electron chi connectivity index (χ0n) is 22.0. The van der Waals surface area contributed by atoms with E-state index in [0.717, 1.165) is 49.4 Å². The fraction of sp³-hybridized carbons (Fsp3) is 0.464. The number of fused-ring (bicyclic) bond motifs is 2. The zero-order chi connectivity index (χ0) is 27.3. The summed E-state index contributed by atoms with van der Waals surface area (Å²) in [4.78, 5) is 27.3. The second kappa shape index (κ2) is 9.84. The highest BCUT2D eigenvalue weighted by Gasteiger charge is 2.38. The summed E-state index contributed by atoms with van der Waals surface area (Å²) in [7, 11) is -3.02. The molecule has 204 valence electrons. The van der Waals surface area contributed by atoms with E-state index >= 15 is 0 Å². The number of terminal acetylenes is 1. The summed E-state index contributed by atoms with van der Waals surface area (Å²) >= 11 is 0. The summed E-state index contributed by atoms with van der Waals surface area (Å²) in [5.74, 6) is 5.24. The molecule has 3 fully saturated rings. The predicted octanol–water partition coefficient (Wildman–Crippen LogP) is 2.08. The first kappa shape index (κ1) is 25.6. The maximum Gasteiger partial charge on any atom is 0.246 e. The van der Waals surface area contributed by atoms with E-state index in [-0.39, 0.29) is 17.4 Å². The maximum atomic E-state index is 12.0. The van der Waals surface area contributed by atoms with Crippen LogP contribution in [-0.2, 0) is 14.6 Å². The smallest absolute Gasteiger partial charge is 0.246 e. The molecule has 1 aromatic carbocycles. The molecule has 0 unspecified atom stereocenters. The quantitative estimate of drug-likeness (QED) is 0.454. The number of aromatic nitrogens is 2. The summed E-state index contributed by atoms with van der Waals surface area (Å²) in [6.45, 7) is 9.62. The second-order valence-corrected chi connectivity index (χ2v) is 13.0. The van der Waals surface area contributed by atoms with Crippen LogP contribution in [0.4, 0.5) is 17.3 Å². The zero-order valence-corrected chi connectivity index (χ0v) is 22.8. The van der Waals surface area contributed by atoms with Gasteiger partial charge < -0.3 is 19.9 Å². The number of likely N-dealkylation sites (tertiary alicyclic amines) is 2. The molecule has 0 bridgehead atoms. The molecule has 5 heterocycles. The fourth-order valence-corrected chi connectivity index (χ4v) is 7.21. The molecule has 4 aliphatic heterocycles. The number of sulfone groups is 1. The molecule has 0 radical (unpaired) electrons. The van der Waals surface area contributed by atoms with Gasteiger partial charge in [-0.15, -0.1) is 6.42 Å². The van der Waals surface area contributed by atoms with Gasteiger partial charge in [-0.3, -0.25) is 9.69 Å². The third-order valence-corrected chi connectivity index (χ3v) is 9.88. The summed E-state index contributed by atoms with van der Waals surface area (Å²) in [5, 5.41) is 3.45. The largest absolute Gasteiger partial charge is 0.482 e. The van der Waals surface area contributed by atoms with E-state index in [1.54, 1.807) is 0 Å². The Morgan fingerprint density at radius 2 is 1.97 bits per heavy atom. The summed E-state index contributed by atoms with van der Waals surface area (Å²) in [6, 6.07) is 4.50. The Hall–Kier alpha value is -3.62. The van der Waals surface area contributed by atoms with E-state index in [9.17, 15) is 13.2 Å². The standard InChI is InChI=1S/C28H32N6O4S/c1-4-19-12-20(21-14-34(15-21)22-6-7-33(16-22)24(35)5-2)13-23-26(19)38-18(3)25-27(31-23)29-17-30-28(25)32-8-10-39(36,37)11-9-32/h1,5,12-13,17-18,21-22H,2,6-11,14-16H2,3H3,(H,29,30,31)/t18-,22+/m1/s1. The first-order valence-electron chi connectivity index (χ1n) is 13.3. The molecule has 11 heteroatoms. The van der Waals surface area contributed by atoms with Crippen molar-refractivity contribution in [2.45, 2.75) is 31.4 Å². The molecule has 10 nitrogen and oxygen atoms in total. The Kier molecular flexibility index (Phi) is 6.47. The van der Waals surface area contributed by atoms with Crippen molar-refractivity contribution in [3.63, 3.8) is 0 Å². The normalized spacial score (nSPS) is 24.3. The van der Waals surface area contributed by atoms with E-state index in [4.69, 9.17) is 11.2 Å². The van der Waals surface area contributed by atoms with E-state index in [2.05, 4.69) is 38.8 Å². The molecule has 1 aromatic heterocycles. The van der Waals surface area contributed by atoms with E-state index in [1.807, 2.05) is 22.8 Å². The number of rotatable bonds is 4. The second-order valence-electron chi connectivity index (χ2n) is 10.7. The van der Waals surface area contributed by atoms with Crippen LogP contribution in [0.25, 0.3) is 0 Å². The van der Waals surface area contributed by atoms with Gasteiger partial charge >= 0.3 is 0 Å². The monoisotopic (exact) mass is 548 g/mol. The molecule has 39 heavy (non-hydrogen) atoms. The van der Waals surface area contributed by atoms with Crippen molar-refractivity contribution in [2.75, 3.05) is 61.0 Å². The number of nitrogens with one attached hydrogen (secondary N) is 1. The Balaban J connectivity index is 1.23. The maximum absolute atomic E-state index is 12.0. The highest BCUT2D eigenvalue weighted by molar-refractivity contribution is 7.91. The van der Waals surface area contributed by atoms with Crippen molar-refractivity contribution < 1.29 is 17.9 Å². The lowest BCUT2D eigenvalue weighted by atomic mass is 9.88. The number of ether oxygens (including phenoxy) is 1. The number of carbonyl (C=O) groups excluding carboxylic acids is 1.